The van der Waals surface area contributed by atoms with E-state index >= 15 is 0 Å². The first-order valence-corrected chi connectivity index (χ1v) is 16.9. The van der Waals surface area contributed by atoms with Crippen LogP contribution in [0.3, 0.4) is 0 Å². The molecule has 2 amide bonds. The van der Waals surface area contributed by atoms with Crippen LogP contribution in [0.15, 0.2) is 36.7 Å². The molecule has 0 bridgehead atoms. The second-order valence-electron chi connectivity index (χ2n) is 15.8. The van der Waals surface area contributed by atoms with Crippen molar-refractivity contribution in [3.63, 3.8) is 0 Å². The van der Waals surface area contributed by atoms with Crippen LogP contribution in [0.1, 0.15) is 67.9 Å². The van der Waals surface area contributed by atoms with Gasteiger partial charge >= 0.3 is 24.1 Å². The summed E-state index contributed by atoms with van der Waals surface area (Å²) in [6.07, 6.45) is 1.04. The number of nitrogens with zero attached hydrogens (tertiary/aromatic N) is 5. The molecular weight excluding hydrogens is 658 g/mol. The van der Waals surface area contributed by atoms with Crippen LogP contribution < -0.4 is 15.1 Å². The molecule has 3 heterocycles. The Labute approximate surface area is 297 Å². The Bertz CT molecular complexity index is 1750. The fraction of sp³-hybridized carbons (Fsp3) is 0.528. The molecule has 274 valence electrons. The van der Waals surface area contributed by atoms with Gasteiger partial charge < -0.3 is 34.5 Å². The van der Waals surface area contributed by atoms with Crippen molar-refractivity contribution in [2.45, 2.75) is 85.7 Å². The Balaban J connectivity index is 1.45. The second kappa shape index (κ2) is 13.9. The normalized spacial score (nSPS) is 18.5. The van der Waals surface area contributed by atoms with Crippen LogP contribution in [0.4, 0.5) is 21.2 Å². The van der Waals surface area contributed by atoms with E-state index in [0.717, 1.165) is 11.1 Å². The number of aliphatic carboxylic acids is 1. The van der Waals surface area contributed by atoms with Crippen molar-refractivity contribution >= 4 is 35.8 Å². The zero-order valence-electron chi connectivity index (χ0n) is 30.6. The smallest absolute Gasteiger partial charge is 0.425 e. The summed E-state index contributed by atoms with van der Waals surface area (Å²) < 4.78 is 16.5. The number of rotatable bonds is 9. The van der Waals surface area contributed by atoms with Crippen molar-refractivity contribution in [2.75, 3.05) is 29.4 Å². The highest BCUT2D eigenvalue weighted by molar-refractivity contribution is 6.10. The van der Waals surface area contributed by atoms with Gasteiger partial charge in [0.2, 0.25) is 0 Å². The Morgan fingerprint density at radius 3 is 1.96 bits per heavy atom. The zero-order chi connectivity index (χ0) is 37.5. The van der Waals surface area contributed by atoms with Crippen LogP contribution in [-0.2, 0) is 30.3 Å². The Kier molecular flexibility index (Phi) is 10.2. The number of hydrogen-bond acceptors (Lipinski definition) is 12. The van der Waals surface area contributed by atoms with E-state index in [4.69, 9.17) is 19.2 Å². The van der Waals surface area contributed by atoms with Crippen LogP contribution in [0.5, 0.6) is 0 Å². The molecular formula is C36H47N7O8. The van der Waals surface area contributed by atoms with E-state index in [0.29, 0.717) is 36.0 Å². The van der Waals surface area contributed by atoms with Crippen molar-refractivity contribution in [3.8, 4) is 22.8 Å². The standard InChI is InChI=1S/C36H47N7O8/c1-34(2,3)49-26(44)17-37-14-20-10-12-21(13-11-20)24-15-38-29(40-24)28-30(43(32(47)50-35(4,5)6)33(48)51-36(7,8)9)39-16-25(41-28)42-18-22-23(19-42)27(22)31(45)46/h10-13,15-16,22-23,27,37H,14,17-19H2,1-9H3,(H,38,40)(H,45,46)/t22-,23+,27?. The summed E-state index contributed by atoms with van der Waals surface area (Å²) in [6, 6.07) is 7.63. The minimum absolute atomic E-state index is 0.0122. The minimum Gasteiger partial charge on any atom is -0.481 e. The number of carboxylic acids is 1. The molecule has 2 aliphatic rings. The number of carbonyl (C=O) groups is 4. The number of imide groups is 1. The number of anilines is 2. The van der Waals surface area contributed by atoms with Crippen LogP contribution in [0.2, 0.25) is 0 Å². The number of amides is 2. The molecule has 15 nitrogen and oxygen atoms in total. The molecule has 1 saturated carbocycles. The van der Waals surface area contributed by atoms with E-state index < -0.39 is 35.0 Å². The van der Waals surface area contributed by atoms with Gasteiger partial charge in [-0.05, 0) is 85.3 Å². The fourth-order valence-electron chi connectivity index (χ4n) is 5.87. The van der Waals surface area contributed by atoms with Gasteiger partial charge in [0.05, 0.1) is 30.6 Å². The highest BCUT2D eigenvalue weighted by Crippen LogP contribution is 2.52. The molecule has 1 saturated heterocycles. The fourth-order valence-corrected chi connectivity index (χ4v) is 5.87. The topological polar surface area (TPSA) is 189 Å². The first kappa shape index (κ1) is 37.2. The molecule has 51 heavy (non-hydrogen) atoms. The lowest BCUT2D eigenvalue weighted by atomic mass is 10.1. The molecule has 2 aromatic heterocycles. The number of ether oxygens (including phenoxy) is 3. The summed E-state index contributed by atoms with van der Waals surface area (Å²) in [5.74, 6) is -0.966. The number of piperidine rings is 1. The number of H-pyrrole nitrogens is 1. The van der Waals surface area contributed by atoms with Gasteiger partial charge in [0.25, 0.3) is 0 Å². The van der Waals surface area contributed by atoms with Gasteiger partial charge in [-0.25, -0.2) is 24.5 Å². The monoisotopic (exact) mass is 705 g/mol. The number of nitrogens with one attached hydrogen (secondary N) is 2. The molecule has 15 heteroatoms. The van der Waals surface area contributed by atoms with E-state index in [9.17, 15) is 24.3 Å². The van der Waals surface area contributed by atoms with E-state index in [-0.39, 0.29) is 47.6 Å². The van der Waals surface area contributed by atoms with Crippen molar-refractivity contribution < 1.29 is 38.5 Å². The van der Waals surface area contributed by atoms with E-state index in [2.05, 4.69) is 20.3 Å². The highest BCUT2D eigenvalue weighted by atomic mass is 16.6. The lowest BCUT2D eigenvalue weighted by Gasteiger charge is -2.29. The molecule has 1 aliphatic carbocycles. The number of aromatic nitrogens is 4. The Hall–Kier alpha value is -5.05. The highest BCUT2D eigenvalue weighted by Gasteiger charge is 2.60. The number of carboxylic acid groups (broad SMARTS) is 1. The second-order valence-corrected chi connectivity index (χ2v) is 15.8. The number of imidazole rings is 1. The van der Waals surface area contributed by atoms with Crippen LogP contribution >= 0.6 is 0 Å². The number of esters is 1. The lowest BCUT2D eigenvalue weighted by Crippen LogP contribution is -2.44. The summed E-state index contributed by atoms with van der Waals surface area (Å²) in [6.45, 7) is 17.0. The van der Waals surface area contributed by atoms with Crippen molar-refractivity contribution in [2.24, 2.45) is 17.8 Å². The van der Waals surface area contributed by atoms with Gasteiger partial charge in [-0.2, -0.15) is 4.90 Å². The predicted molar refractivity (Wildman–Crippen MR) is 188 cm³/mol. The third kappa shape index (κ3) is 9.39. The molecule has 0 spiro atoms. The first-order valence-electron chi connectivity index (χ1n) is 16.9. The summed E-state index contributed by atoms with van der Waals surface area (Å²) in [7, 11) is 0. The van der Waals surface area contributed by atoms with Crippen molar-refractivity contribution in [3.05, 3.63) is 42.2 Å². The number of fused-ring (bicyclic) bond motifs is 1. The van der Waals surface area contributed by atoms with Crippen LogP contribution in [0, 0.1) is 17.8 Å². The molecule has 0 radical (unpaired) electrons. The van der Waals surface area contributed by atoms with Gasteiger partial charge in [0.15, 0.2) is 17.3 Å². The van der Waals surface area contributed by atoms with E-state index in [1.165, 1.54) is 6.20 Å². The number of benzene rings is 1. The Morgan fingerprint density at radius 1 is 0.863 bits per heavy atom. The van der Waals surface area contributed by atoms with Crippen molar-refractivity contribution in [1.29, 1.82) is 0 Å². The maximum absolute atomic E-state index is 13.6. The number of hydrogen-bond donors (Lipinski definition) is 3. The van der Waals surface area contributed by atoms with Gasteiger partial charge in [-0.15, -0.1) is 0 Å². The maximum Gasteiger partial charge on any atom is 0.425 e. The zero-order valence-corrected chi connectivity index (χ0v) is 30.6. The molecule has 1 aromatic carbocycles. The number of carbonyl (C=O) groups excluding carboxylic acids is 3. The molecule has 3 N–H and O–H groups in total. The van der Waals surface area contributed by atoms with E-state index in [1.54, 1.807) is 47.7 Å². The summed E-state index contributed by atoms with van der Waals surface area (Å²) in [4.78, 5) is 70.7. The molecule has 1 unspecified atom stereocenters. The van der Waals surface area contributed by atoms with Gasteiger partial charge in [0.1, 0.15) is 22.6 Å². The maximum atomic E-state index is 13.6. The van der Waals surface area contributed by atoms with E-state index in [1.807, 2.05) is 49.9 Å². The van der Waals surface area contributed by atoms with Gasteiger partial charge in [-0.1, -0.05) is 24.3 Å². The summed E-state index contributed by atoms with van der Waals surface area (Å²) >= 11 is 0. The summed E-state index contributed by atoms with van der Waals surface area (Å²) in [5.41, 5.74) is 0.0150. The van der Waals surface area contributed by atoms with Gasteiger partial charge in [-0.3, -0.25) is 9.59 Å². The third-order valence-corrected chi connectivity index (χ3v) is 7.99. The SMILES string of the molecule is CC(C)(C)OC(=O)CNCc1ccc(-c2cnc(-c3nc(N4C[C@@H]5C(C(=O)O)[C@@H]5C4)cnc3N(C(=O)OC(C)(C)C)C(=O)OC(C)(C)C)[nH]2)cc1. The molecule has 1 aliphatic heterocycles. The largest absolute Gasteiger partial charge is 0.481 e. The molecule has 3 aromatic rings. The minimum atomic E-state index is -1.01. The number of aromatic amines is 1. The Morgan fingerprint density at radius 2 is 1.43 bits per heavy atom. The molecule has 3 atom stereocenters. The quantitative estimate of drug-likeness (QED) is 0.190. The summed E-state index contributed by atoms with van der Waals surface area (Å²) in [5, 5.41) is 12.6. The molecule has 5 rings (SSSR count). The predicted octanol–water partition coefficient (Wildman–Crippen LogP) is 5.41. The van der Waals surface area contributed by atoms with Crippen LogP contribution in [-0.4, -0.2) is 85.6 Å². The third-order valence-electron chi connectivity index (χ3n) is 7.99. The van der Waals surface area contributed by atoms with Crippen LogP contribution in [0.25, 0.3) is 22.8 Å². The first-order chi connectivity index (χ1) is 23.7. The van der Waals surface area contributed by atoms with Crippen molar-refractivity contribution in [1.82, 2.24) is 25.3 Å². The molecule has 2 fully saturated rings. The lowest BCUT2D eigenvalue weighted by molar-refractivity contribution is -0.153. The van der Waals surface area contributed by atoms with Gasteiger partial charge in [0, 0.05) is 19.6 Å². The average molecular weight is 706 g/mol. The average Bonchev–Trinajstić information content (AvgIpc) is 3.29.